The molecule has 4 nitrogen and oxygen atoms in total. The van der Waals surface area contributed by atoms with Gasteiger partial charge in [-0.1, -0.05) is 0 Å². The molecule has 1 aromatic carbocycles. The van der Waals surface area contributed by atoms with Gasteiger partial charge in [-0.25, -0.2) is 0 Å². The van der Waals surface area contributed by atoms with E-state index < -0.39 is 0 Å². The van der Waals surface area contributed by atoms with E-state index >= 15 is 0 Å². The van der Waals surface area contributed by atoms with Crippen molar-refractivity contribution in [3.8, 4) is 11.5 Å². The van der Waals surface area contributed by atoms with Crippen LogP contribution in [0.1, 0.15) is 26.3 Å². The van der Waals surface area contributed by atoms with Gasteiger partial charge in [0.15, 0.2) is 11.5 Å². The zero-order chi connectivity index (χ0) is 15.2. The van der Waals surface area contributed by atoms with E-state index in [1.54, 1.807) is 7.11 Å². The summed E-state index contributed by atoms with van der Waals surface area (Å²) >= 11 is 3.51. The first-order valence-electron chi connectivity index (χ1n) is 6.70. The summed E-state index contributed by atoms with van der Waals surface area (Å²) in [4.78, 5) is 0. The molecule has 2 N–H and O–H groups in total. The normalized spacial score (nSPS) is 11.5. The van der Waals surface area contributed by atoms with Gasteiger partial charge in [0.05, 0.1) is 23.8 Å². The molecule has 20 heavy (non-hydrogen) atoms. The smallest absolute Gasteiger partial charge is 0.175 e. The van der Waals surface area contributed by atoms with Gasteiger partial charge in [-0.05, 0) is 67.4 Å². The van der Waals surface area contributed by atoms with Crippen LogP contribution in [0.5, 0.6) is 11.5 Å². The first-order chi connectivity index (χ1) is 9.37. The van der Waals surface area contributed by atoms with Gasteiger partial charge in [0, 0.05) is 0 Å². The lowest BCUT2D eigenvalue weighted by Gasteiger charge is -2.20. The number of methoxy groups -OCH3 is 1. The van der Waals surface area contributed by atoms with Crippen molar-refractivity contribution >= 4 is 15.9 Å². The molecule has 5 heteroatoms. The van der Waals surface area contributed by atoms with Crippen molar-refractivity contribution in [2.75, 3.05) is 26.9 Å². The van der Waals surface area contributed by atoms with Gasteiger partial charge in [-0.2, -0.15) is 0 Å². The van der Waals surface area contributed by atoms with Gasteiger partial charge in [0.1, 0.15) is 6.61 Å². The first kappa shape index (κ1) is 17.3. The Hall–Kier alpha value is -0.780. The number of ether oxygens (including phenoxy) is 3. The molecule has 0 unspecified atom stereocenters. The summed E-state index contributed by atoms with van der Waals surface area (Å²) in [5.41, 5.74) is 6.54. The predicted octanol–water partition coefficient (Wildman–Crippen LogP) is 3.15. The van der Waals surface area contributed by atoms with Crippen molar-refractivity contribution in [2.45, 2.75) is 32.8 Å². The molecule has 1 rings (SSSR count). The number of rotatable bonds is 7. The van der Waals surface area contributed by atoms with Crippen molar-refractivity contribution in [1.29, 1.82) is 0 Å². The van der Waals surface area contributed by atoms with E-state index in [2.05, 4.69) is 15.9 Å². The topological polar surface area (TPSA) is 53.7 Å². The van der Waals surface area contributed by atoms with E-state index in [9.17, 15) is 0 Å². The maximum absolute atomic E-state index is 5.76. The van der Waals surface area contributed by atoms with E-state index in [0.29, 0.717) is 31.3 Å². The fraction of sp³-hybridized carbons (Fsp3) is 0.600. The highest BCUT2D eigenvalue weighted by molar-refractivity contribution is 9.10. The van der Waals surface area contributed by atoms with Crippen LogP contribution in [-0.2, 0) is 11.2 Å². The number of benzene rings is 1. The third-order valence-electron chi connectivity index (χ3n) is 2.59. The summed E-state index contributed by atoms with van der Waals surface area (Å²) in [7, 11) is 1.63. The van der Waals surface area contributed by atoms with Crippen molar-refractivity contribution in [3.63, 3.8) is 0 Å². The summed E-state index contributed by atoms with van der Waals surface area (Å²) < 4.78 is 17.6. The highest BCUT2D eigenvalue weighted by Gasteiger charge is 2.13. The zero-order valence-corrected chi connectivity index (χ0v) is 14.2. The molecule has 0 spiro atoms. The van der Waals surface area contributed by atoms with Crippen molar-refractivity contribution in [3.05, 3.63) is 22.2 Å². The molecule has 0 bridgehead atoms. The average molecular weight is 346 g/mol. The van der Waals surface area contributed by atoms with E-state index in [4.69, 9.17) is 19.9 Å². The van der Waals surface area contributed by atoms with Crippen LogP contribution < -0.4 is 15.2 Å². The molecule has 114 valence electrons. The summed E-state index contributed by atoms with van der Waals surface area (Å²) in [5, 5.41) is 0. The van der Waals surface area contributed by atoms with Crippen LogP contribution in [0.3, 0.4) is 0 Å². The minimum atomic E-state index is -0.157. The molecule has 0 saturated carbocycles. The second-order valence-electron chi connectivity index (χ2n) is 5.46. The molecule has 0 fully saturated rings. The van der Waals surface area contributed by atoms with Crippen LogP contribution in [0.25, 0.3) is 0 Å². The fourth-order valence-electron chi connectivity index (χ4n) is 1.72. The van der Waals surface area contributed by atoms with Gasteiger partial charge in [-0.15, -0.1) is 0 Å². The molecular weight excluding hydrogens is 322 g/mol. The Kier molecular flexibility index (Phi) is 6.79. The molecule has 0 aromatic heterocycles. The van der Waals surface area contributed by atoms with Gasteiger partial charge in [-0.3, -0.25) is 0 Å². The van der Waals surface area contributed by atoms with Crippen LogP contribution in [-0.4, -0.2) is 32.5 Å². The van der Waals surface area contributed by atoms with Gasteiger partial charge in [0.2, 0.25) is 0 Å². The summed E-state index contributed by atoms with van der Waals surface area (Å²) in [6, 6.07) is 3.97. The Morgan fingerprint density at radius 3 is 2.45 bits per heavy atom. The number of hydrogen-bond acceptors (Lipinski definition) is 4. The van der Waals surface area contributed by atoms with E-state index in [1.807, 2.05) is 32.9 Å². The Labute approximate surface area is 129 Å². The molecule has 0 aliphatic heterocycles. The standard InChI is InChI=1S/C15H24BrNO3/c1-15(2,3)20-8-7-19-14-12(16)9-11(5-6-17)10-13(14)18-4/h9-10H,5-8,17H2,1-4H3. The lowest BCUT2D eigenvalue weighted by molar-refractivity contribution is -0.0166. The van der Waals surface area contributed by atoms with Crippen LogP contribution in [0.2, 0.25) is 0 Å². The monoisotopic (exact) mass is 345 g/mol. The minimum absolute atomic E-state index is 0.157. The average Bonchev–Trinajstić information content (AvgIpc) is 2.35. The maximum atomic E-state index is 5.76. The van der Waals surface area contributed by atoms with Crippen molar-refractivity contribution in [1.82, 2.24) is 0 Å². The lowest BCUT2D eigenvalue weighted by Crippen LogP contribution is -2.22. The SMILES string of the molecule is COc1cc(CCN)cc(Br)c1OCCOC(C)(C)C. The van der Waals surface area contributed by atoms with E-state index in [1.165, 1.54) is 0 Å². The molecule has 0 aliphatic rings. The molecule has 0 amide bonds. The van der Waals surface area contributed by atoms with Crippen molar-refractivity contribution in [2.24, 2.45) is 5.73 Å². The third kappa shape index (κ3) is 5.69. The zero-order valence-electron chi connectivity index (χ0n) is 12.7. The van der Waals surface area contributed by atoms with Crippen LogP contribution >= 0.6 is 15.9 Å². The third-order valence-corrected chi connectivity index (χ3v) is 3.18. The Balaban J connectivity index is 2.69. The van der Waals surface area contributed by atoms with Gasteiger partial charge < -0.3 is 19.9 Å². The number of hydrogen-bond donors (Lipinski definition) is 1. The van der Waals surface area contributed by atoms with Crippen LogP contribution in [0.4, 0.5) is 0 Å². The minimum Gasteiger partial charge on any atom is -0.493 e. The van der Waals surface area contributed by atoms with Crippen LogP contribution in [0.15, 0.2) is 16.6 Å². The highest BCUT2D eigenvalue weighted by atomic mass is 79.9. The van der Waals surface area contributed by atoms with Crippen LogP contribution in [0, 0.1) is 0 Å². The van der Waals surface area contributed by atoms with E-state index in [0.717, 1.165) is 16.5 Å². The Bertz CT molecular complexity index is 430. The van der Waals surface area contributed by atoms with Crippen molar-refractivity contribution < 1.29 is 14.2 Å². The molecule has 1 aromatic rings. The number of nitrogens with two attached hydrogens (primary N) is 1. The van der Waals surface area contributed by atoms with Gasteiger partial charge >= 0.3 is 0 Å². The molecule has 0 radical (unpaired) electrons. The second kappa shape index (κ2) is 7.86. The predicted molar refractivity (Wildman–Crippen MR) is 84.7 cm³/mol. The quantitative estimate of drug-likeness (QED) is 0.771. The second-order valence-corrected chi connectivity index (χ2v) is 6.31. The molecule has 0 saturated heterocycles. The lowest BCUT2D eigenvalue weighted by atomic mass is 10.1. The molecule has 0 atom stereocenters. The summed E-state index contributed by atoms with van der Waals surface area (Å²) in [6.07, 6.45) is 0.808. The first-order valence-corrected chi connectivity index (χ1v) is 7.50. The number of halogens is 1. The maximum Gasteiger partial charge on any atom is 0.175 e. The molecule has 0 aliphatic carbocycles. The fourth-order valence-corrected chi connectivity index (χ4v) is 2.32. The molecular formula is C15H24BrNO3. The Morgan fingerprint density at radius 1 is 1.20 bits per heavy atom. The molecule has 0 heterocycles. The largest absolute Gasteiger partial charge is 0.493 e. The Morgan fingerprint density at radius 2 is 1.90 bits per heavy atom. The summed E-state index contributed by atoms with van der Waals surface area (Å²) in [5.74, 6) is 1.41. The summed E-state index contributed by atoms with van der Waals surface area (Å²) in [6.45, 7) is 7.67. The highest BCUT2D eigenvalue weighted by Crippen LogP contribution is 2.36. The van der Waals surface area contributed by atoms with E-state index in [-0.39, 0.29) is 5.60 Å². The van der Waals surface area contributed by atoms with Gasteiger partial charge in [0.25, 0.3) is 0 Å².